The van der Waals surface area contributed by atoms with Crippen molar-refractivity contribution >= 4 is 11.6 Å². The summed E-state index contributed by atoms with van der Waals surface area (Å²) in [6.07, 6.45) is 4.87. The molecular weight excluding hydrogens is 354 g/mol. The van der Waals surface area contributed by atoms with Crippen LogP contribution in [0.3, 0.4) is 0 Å². The number of rotatable bonds is 3. The average Bonchev–Trinajstić information content (AvgIpc) is 2.72. The quantitative estimate of drug-likeness (QED) is 0.660. The van der Waals surface area contributed by atoms with Gasteiger partial charge in [0.2, 0.25) is 5.91 Å². The minimum absolute atomic E-state index is 0.156. The third kappa shape index (κ3) is 3.17. The number of hydrogen-bond donors (Lipinski definition) is 0. The van der Waals surface area contributed by atoms with Crippen LogP contribution in [-0.4, -0.2) is 21.6 Å². The topological polar surface area (TPSA) is 64.3 Å². The van der Waals surface area contributed by atoms with E-state index in [2.05, 4.69) is 0 Å². The van der Waals surface area contributed by atoms with Gasteiger partial charge in [0, 0.05) is 24.6 Å². The SMILES string of the molecule is Cc1ccccc1-n1ccn(CC(=O)N2CCCc3ccccc32)c(=O)c1=O. The van der Waals surface area contributed by atoms with Crippen LogP contribution in [-0.2, 0) is 17.8 Å². The Labute approximate surface area is 162 Å². The third-order valence-corrected chi connectivity index (χ3v) is 5.15. The molecule has 2 heterocycles. The highest BCUT2D eigenvalue weighted by Gasteiger charge is 2.23. The van der Waals surface area contributed by atoms with E-state index in [1.54, 1.807) is 17.2 Å². The lowest BCUT2D eigenvalue weighted by molar-refractivity contribution is -0.119. The lowest BCUT2D eigenvalue weighted by atomic mass is 10.0. The lowest BCUT2D eigenvalue weighted by Crippen LogP contribution is -2.44. The number of benzene rings is 2. The molecule has 6 heteroatoms. The Hall–Kier alpha value is -3.41. The van der Waals surface area contributed by atoms with Gasteiger partial charge in [0.25, 0.3) is 0 Å². The van der Waals surface area contributed by atoms with Crippen molar-refractivity contribution in [3.8, 4) is 5.69 Å². The van der Waals surface area contributed by atoms with Gasteiger partial charge in [0.15, 0.2) is 0 Å². The fraction of sp³-hybridized carbons (Fsp3) is 0.227. The zero-order valence-corrected chi connectivity index (χ0v) is 15.7. The normalized spacial score (nSPS) is 13.2. The fourth-order valence-corrected chi connectivity index (χ4v) is 3.68. The van der Waals surface area contributed by atoms with E-state index in [0.717, 1.165) is 29.7 Å². The molecule has 0 bridgehead atoms. The maximum absolute atomic E-state index is 12.9. The Bertz CT molecular complexity index is 1160. The van der Waals surface area contributed by atoms with Crippen molar-refractivity contribution in [2.24, 2.45) is 0 Å². The smallest absolute Gasteiger partial charge is 0.311 e. The van der Waals surface area contributed by atoms with Gasteiger partial charge in [0.1, 0.15) is 6.54 Å². The van der Waals surface area contributed by atoms with Crippen molar-refractivity contribution < 1.29 is 4.79 Å². The van der Waals surface area contributed by atoms with Crippen molar-refractivity contribution in [3.63, 3.8) is 0 Å². The molecule has 142 valence electrons. The van der Waals surface area contributed by atoms with Crippen LogP contribution in [0.1, 0.15) is 17.5 Å². The molecular formula is C22H21N3O3. The van der Waals surface area contributed by atoms with Crippen LogP contribution in [0.5, 0.6) is 0 Å². The van der Waals surface area contributed by atoms with Crippen LogP contribution in [0.4, 0.5) is 5.69 Å². The first-order chi connectivity index (χ1) is 13.6. The van der Waals surface area contributed by atoms with E-state index < -0.39 is 11.1 Å². The highest BCUT2D eigenvalue weighted by Crippen LogP contribution is 2.26. The first-order valence-corrected chi connectivity index (χ1v) is 9.32. The van der Waals surface area contributed by atoms with Crippen molar-refractivity contribution in [1.82, 2.24) is 9.13 Å². The zero-order chi connectivity index (χ0) is 19.7. The molecule has 0 aliphatic carbocycles. The molecule has 0 atom stereocenters. The van der Waals surface area contributed by atoms with E-state index >= 15 is 0 Å². The Kier molecular flexibility index (Phi) is 4.69. The zero-order valence-electron chi connectivity index (χ0n) is 15.7. The number of amides is 1. The predicted molar refractivity (Wildman–Crippen MR) is 108 cm³/mol. The standard InChI is InChI=1S/C22H21N3O3/c1-16-7-2-4-10-18(16)25-14-13-23(21(27)22(25)28)15-20(26)24-12-6-9-17-8-3-5-11-19(17)24/h2-5,7-8,10-11,13-14H,6,9,12,15H2,1H3. The predicted octanol–water partition coefficient (Wildman–Crippen LogP) is 2.29. The molecule has 0 saturated carbocycles. The highest BCUT2D eigenvalue weighted by atomic mass is 16.2. The van der Waals surface area contributed by atoms with E-state index in [1.165, 1.54) is 15.3 Å². The van der Waals surface area contributed by atoms with Crippen molar-refractivity contribution in [2.45, 2.75) is 26.3 Å². The monoisotopic (exact) mass is 375 g/mol. The first-order valence-electron chi connectivity index (χ1n) is 9.32. The molecule has 2 aromatic carbocycles. The molecule has 0 radical (unpaired) electrons. The van der Waals surface area contributed by atoms with E-state index in [-0.39, 0.29) is 12.5 Å². The number of fused-ring (bicyclic) bond motifs is 1. The molecule has 28 heavy (non-hydrogen) atoms. The van der Waals surface area contributed by atoms with Gasteiger partial charge in [0.05, 0.1) is 5.69 Å². The number of aryl methyl sites for hydroxylation is 2. The Morgan fingerprint density at radius 1 is 0.929 bits per heavy atom. The van der Waals surface area contributed by atoms with Crippen molar-refractivity contribution in [3.05, 3.63) is 92.8 Å². The largest absolute Gasteiger partial charge is 0.320 e. The summed E-state index contributed by atoms with van der Waals surface area (Å²) >= 11 is 0. The molecule has 0 N–H and O–H groups in total. The summed E-state index contributed by atoms with van der Waals surface area (Å²) < 4.78 is 2.52. The van der Waals surface area contributed by atoms with Gasteiger partial charge in [-0.2, -0.15) is 0 Å². The molecule has 1 aromatic heterocycles. The summed E-state index contributed by atoms with van der Waals surface area (Å²) in [5.74, 6) is -0.192. The summed E-state index contributed by atoms with van der Waals surface area (Å²) in [5, 5.41) is 0. The molecule has 0 saturated heterocycles. The van der Waals surface area contributed by atoms with Crippen molar-refractivity contribution in [2.75, 3.05) is 11.4 Å². The minimum Gasteiger partial charge on any atom is -0.311 e. The number of anilines is 1. The van der Waals surface area contributed by atoms with E-state index in [0.29, 0.717) is 12.2 Å². The van der Waals surface area contributed by atoms with Crippen LogP contribution in [0.15, 0.2) is 70.5 Å². The molecule has 3 aromatic rings. The number of para-hydroxylation sites is 2. The number of carbonyl (C=O) groups is 1. The summed E-state index contributed by atoms with van der Waals surface area (Å²) in [5.41, 5.74) is 2.20. The molecule has 0 spiro atoms. The maximum atomic E-state index is 12.9. The summed E-state index contributed by atoms with van der Waals surface area (Å²) in [6, 6.07) is 15.2. The summed E-state index contributed by atoms with van der Waals surface area (Å²) in [7, 11) is 0. The van der Waals surface area contributed by atoms with Crippen LogP contribution < -0.4 is 16.0 Å². The Morgan fingerprint density at radius 3 is 2.43 bits per heavy atom. The van der Waals surface area contributed by atoms with E-state index in [1.807, 2.05) is 49.4 Å². The average molecular weight is 375 g/mol. The number of nitrogens with zero attached hydrogens (tertiary/aromatic N) is 3. The number of aromatic nitrogens is 2. The minimum atomic E-state index is -0.704. The van der Waals surface area contributed by atoms with Gasteiger partial charge in [-0.1, -0.05) is 36.4 Å². The molecule has 0 unspecified atom stereocenters. The molecule has 1 aliphatic heterocycles. The van der Waals surface area contributed by atoms with E-state index in [4.69, 9.17) is 0 Å². The van der Waals surface area contributed by atoms with Crippen molar-refractivity contribution in [1.29, 1.82) is 0 Å². The Morgan fingerprint density at radius 2 is 1.64 bits per heavy atom. The van der Waals surface area contributed by atoms with Crippen LogP contribution >= 0.6 is 0 Å². The second kappa shape index (κ2) is 7.31. The third-order valence-electron chi connectivity index (χ3n) is 5.15. The van der Waals surface area contributed by atoms with Crippen LogP contribution in [0, 0.1) is 6.92 Å². The molecule has 0 fully saturated rings. The van der Waals surface area contributed by atoms with Gasteiger partial charge in [-0.25, -0.2) is 0 Å². The van der Waals surface area contributed by atoms with E-state index in [9.17, 15) is 14.4 Å². The molecule has 4 rings (SSSR count). The summed E-state index contributed by atoms with van der Waals surface area (Å²) in [6.45, 7) is 2.34. The number of hydrogen-bond acceptors (Lipinski definition) is 3. The van der Waals surface area contributed by atoms with Crippen LogP contribution in [0.25, 0.3) is 5.69 Å². The molecule has 1 amide bonds. The van der Waals surface area contributed by atoms with Gasteiger partial charge in [-0.15, -0.1) is 0 Å². The Balaban J connectivity index is 1.64. The number of carbonyl (C=O) groups excluding carboxylic acids is 1. The second-order valence-electron chi connectivity index (χ2n) is 6.97. The van der Waals surface area contributed by atoms with Gasteiger partial charge < -0.3 is 4.90 Å². The summed E-state index contributed by atoms with van der Waals surface area (Å²) in [4.78, 5) is 39.8. The van der Waals surface area contributed by atoms with Crippen LogP contribution in [0.2, 0.25) is 0 Å². The second-order valence-corrected chi connectivity index (χ2v) is 6.97. The fourth-order valence-electron chi connectivity index (χ4n) is 3.68. The lowest BCUT2D eigenvalue weighted by Gasteiger charge is -2.29. The first kappa shape index (κ1) is 18.0. The maximum Gasteiger partial charge on any atom is 0.320 e. The van der Waals surface area contributed by atoms with Gasteiger partial charge >= 0.3 is 11.1 Å². The molecule has 1 aliphatic rings. The molecule has 6 nitrogen and oxygen atoms in total. The van der Waals surface area contributed by atoms with Gasteiger partial charge in [-0.3, -0.25) is 23.5 Å². The van der Waals surface area contributed by atoms with Gasteiger partial charge in [-0.05, 0) is 43.0 Å². The highest BCUT2D eigenvalue weighted by molar-refractivity contribution is 5.94.